The summed E-state index contributed by atoms with van der Waals surface area (Å²) in [5.74, 6) is 0.630. The van der Waals surface area contributed by atoms with E-state index in [1.807, 2.05) is 24.5 Å². The number of rotatable bonds is 5. The zero-order valence-corrected chi connectivity index (χ0v) is 11.4. The first-order valence-corrected chi connectivity index (χ1v) is 6.72. The number of imidazole rings is 1. The number of para-hydroxylation sites is 1. The van der Waals surface area contributed by atoms with Crippen LogP contribution in [0.25, 0.3) is 5.69 Å². The van der Waals surface area contributed by atoms with E-state index in [9.17, 15) is 4.39 Å². The Morgan fingerprint density at radius 3 is 2.84 bits per heavy atom. The number of aryl methyl sites for hydroxylation is 1. The Balaban J connectivity index is 2.49. The number of halogens is 1. The van der Waals surface area contributed by atoms with Gasteiger partial charge in [-0.05, 0) is 24.5 Å². The zero-order valence-electron chi connectivity index (χ0n) is 11.4. The Labute approximate surface area is 113 Å². The molecule has 3 nitrogen and oxygen atoms in total. The summed E-state index contributed by atoms with van der Waals surface area (Å²) in [6.07, 6.45) is 5.82. The molecule has 0 aliphatic heterocycles. The summed E-state index contributed by atoms with van der Waals surface area (Å²) in [7, 11) is 0. The van der Waals surface area contributed by atoms with Crippen LogP contribution in [0.2, 0.25) is 0 Å². The fourth-order valence-corrected chi connectivity index (χ4v) is 2.22. The lowest BCUT2D eigenvalue weighted by Crippen LogP contribution is -2.22. The van der Waals surface area contributed by atoms with Crippen LogP contribution >= 0.6 is 0 Å². The largest absolute Gasteiger partial charge is 0.327 e. The van der Waals surface area contributed by atoms with Crippen molar-refractivity contribution >= 4 is 0 Å². The van der Waals surface area contributed by atoms with Gasteiger partial charge in [0.1, 0.15) is 11.6 Å². The van der Waals surface area contributed by atoms with Crippen LogP contribution < -0.4 is 5.73 Å². The molecule has 1 aromatic carbocycles. The first-order valence-electron chi connectivity index (χ1n) is 6.72. The average molecular weight is 261 g/mol. The molecular formula is C15H20FN3. The van der Waals surface area contributed by atoms with Gasteiger partial charge >= 0.3 is 0 Å². The van der Waals surface area contributed by atoms with Gasteiger partial charge in [0.2, 0.25) is 0 Å². The topological polar surface area (TPSA) is 43.8 Å². The van der Waals surface area contributed by atoms with Gasteiger partial charge in [0.15, 0.2) is 0 Å². The molecular weight excluding hydrogens is 241 g/mol. The lowest BCUT2D eigenvalue weighted by atomic mass is 10.0. The maximum absolute atomic E-state index is 14.2. The predicted octanol–water partition coefficient (Wildman–Crippen LogP) is 2.85. The molecule has 19 heavy (non-hydrogen) atoms. The molecule has 1 atom stereocenters. The number of hydrogen-bond acceptors (Lipinski definition) is 2. The second-order valence-electron chi connectivity index (χ2n) is 4.69. The van der Waals surface area contributed by atoms with Gasteiger partial charge in [-0.2, -0.15) is 0 Å². The Hall–Kier alpha value is -1.68. The maximum Gasteiger partial charge on any atom is 0.147 e. The third kappa shape index (κ3) is 2.84. The highest BCUT2D eigenvalue weighted by Gasteiger charge is 2.14. The monoisotopic (exact) mass is 261 g/mol. The van der Waals surface area contributed by atoms with Crippen LogP contribution in [0, 0.1) is 5.82 Å². The molecule has 1 heterocycles. The molecule has 2 N–H and O–H groups in total. The van der Waals surface area contributed by atoms with Crippen molar-refractivity contribution in [2.45, 2.75) is 39.2 Å². The van der Waals surface area contributed by atoms with Crippen LogP contribution in [-0.2, 0) is 12.8 Å². The molecule has 0 aliphatic rings. The lowest BCUT2D eigenvalue weighted by molar-refractivity contribution is 0.601. The molecule has 0 saturated heterocycles. The van der Waals surface area contributed by atoms with Gasteiger partial charge in [0, 0.05) is 24.9 Å². The van der Waals surface area contributed by atoms with Crippen molar-refractivity contribution < 1.29 is 4.39 Å². The molecule has 0 radical (unpaired) electrons. The van der Waals surface area contributed by atoms with Gasteiger partial charge < -0.3 is 10.3 Å². The number of aromatic nitrogens is 2. The van der Waals surface area contributed by atoms with Gasteiger partial charge in [0.25, 0.3) is 0 Å². The Kier molecular flexibility index (Phi) is 4.32. The predicted molar refractivity (Wildman–Crippen MR) is 74.9 cm³/mol. The van der Waals surface area contributed by atoms with Crippen molar-refractivity contribution in [3.63, 3.8) is 0 Å². The van der Waals surface area contributed by atoms with E-state index in [1.165, 1.54) is 6.07 Å². The van der Waals surface area contributed by atoms with Gasteiger partial charge in [-0.3, -0.25) is 0 Å². The minimum Gasteiger partial charge on any atom is -0.327 e. The van der Waals surface area contributed by atoms with Crippen LogP contribution in [-0.4, -0.2) is 15.6 Å². The minimum atomic E-state index is -0.228. The van der Waals surface area contributed by atoms with Gasteiger partial charge in [-0.15, -0.1) is 0 Å². The fraction of sp³-hybridized carbons (Fsp3) is 0.400. The average Bonchev–Trinajstić information content (AvgIpc) is 2.86. The van der Waals surface area contributed by atoms with Crippen molar-refractivity contribution in [3.05, 3.63) is 47.8 Å². The first-order chi connectivity index (χ1) is 9.17. The van der Waals surface area contributed by atoms with E-state index in [1.54, 1.807) is 18.5 Å². The van der Waals surface area contributed by atoms with Crippen LogP contribution in [0.3, 0.4) is 0 Å². The molecule has 0 aliphatic carbocycles. The summed E-state index contributed by atoms with van der Waals surface area (Å²) in [5.41, 5.74) is 7.52. The molecule has 2 rings (SSSR count). The maximum atomic E-state index is 14.2. The Morgan fingerprint density at radius 2 is 2.16 bits per heavy atom. The van der Waals surface area contributed by atoms with E-state index in [4.69, 9.17) is 5.73 Å². The SMILES string of the molecule is CCc1nccn1-c1c(F)cccc1CC(N)CC. The van der Waals surface area contributed by atoms with Crippen molar-refractivity contribution in [1.29, 1.82) is 0 Å². The van der Waals surface area contributed by atoms with Gasteiger partial charge in [-0.25, -0.2) is 9.37 Å². The van der Waals surface area contributed by atoms with Crippen molar-refractivity contribution in [3.8, 4) is 5.69 Å². The van der Waals surface area contributed by atoms with E-state index in [2.05, 4.69) is 4.98 Å². The highest BCUT2D eigenvalue weighted by Crippen LogP contribution is 2.22. The van der Waals surface area contributed by atoms with Crippen LogP contribution in [0.15, 0.2) is 30.6 Å². The van der Waals surface area contributed by atoms with Crippen LogP contribution in [0.5, 0.6) is 0 Å². The number of nitrogens with zero attached hydrogens (tertiary/aromatic N) is 2. The summed E-state index contributed by atoms with van der Waals surface area (Å²) in [5, 5.41) is 0. The molecule has 4 heteroatoms. The van der Waals surface area contributed by atoms with E-state index in [0.717, 1.165) is 24.2 Å². The minimum absolute atomic E-state index is 0.0501. The van der Waals surface area contributed by atoms with Crippen molar-refractivity contribution in [2.75, 3.05) is 0 Å². The molecule has 0 fully saturated rings. The highest BCUT2D eigenvalue weighted by molar-refractivity contribution is 5.44. The quantitative estimate of drug-likeness (QED) is 0.899. The molecule has 0 saturated carbocycles. The summed E-state index contributed by atoms with van der Waals surface area (Å²) in [6.45, 7) is 4.05. The second-order valence-corrected chi connectivity index (χ2v) is 4.69. The number of hydrogen-bond donors (Lipinski definition) is 1. The third-order valence-electron chi connectivity index (χ3n) is 3.35. The number of benzene rings is 1. The summed E-state index contributed by atoms with van der Waals surface area (Å²) in [4.78, 5) is 4.26. The van der Waals surface area contributed by atoms with Crippen molar-refractivity contribution in [1.82, 2.24) is 9.55 Å². The standard InChI is InChI=1S/C15H20FN3/c1-3-12(17)10-11-6-5-7-13(16)15(11)19-9-8-18-14(19)4-2/h5-9,12H,3-4,10,17H2,1-2H3. The Morgan fingerprint density at radius 1 is 1.37 bits per heavy atom. The summed E-state index contributed by atoms with van der Waals surface area (Å²) < 4.78 is 16.0. The molecule has 2 aromatic rings. The second kappa shape index (κ2) is 5.97. The Bertz CT molecular complexity index is 548. The van der Waals surface area contributed by atoms with E-state index in [0.29, 0.717) is 12.1 Å². The van der Waals surface area contributed by atoms with Gasteiger partial charge in [0.05, 0.1) is 5.69 Å². The summed E-state index contributed by atoms with van der Waals surface area (Å²) in [6, 6.07) is 5.21. The van der Waals surface area contributed by atoms with E-state index >= 15 is 0 Å². The first kappa shape index (κ1) is 13.7. The molecule has 1 aromatic heterocycles. The highest BCUT2D eigenvalue weighted by atomic mass is 19.1. The van der Waals surface area contributed by atoms with E-state index in [-0.39, 0.29) is 11.9 Å². The molecule has 1 unspecified atom stereocenters. The fourth-order valence-electron chi connectivity index (χ4n) is 2.22. The zero-order chi connectivity index (χ0) is 13.8. The third-order valence-corrected chi connectivity index (χ3v) is 3.35. The molecule has 102 valence electrons. The lowest BCUT2D eigenvalue weighted by Gasteiger charge is -2.16. The van der Waals surface area contributed by atoms with Crippen LogP contribution in [0.1, 0.15) is 31.7 Å². The number of nitrogens with two attached hydrogens (primary N) is 1. The molecule has 0 amide bonds. The van der Waals surface area contributed by atoms with E-state index < -0.39 is 0 Å². The van der Waals surface area contributed by atoms with Crippen molar-refractivity contribution in [2.24, 2.45) is 5.73 Å². The summed E-state index contributed by atoms with van der Waals surface area (Å²) >= 11 is 0. The smallest absolute Gasteiger partial charge is 0.147 e. The molecule has 0 spiro atoms. The van der Waals surface area contributed by atoms with Crippen LogP contribution in [0.4, 0.5) is 4.39 Å². The van der Waals surface area contributed by atoms with Gasteiger partial charge in [-0.1, -0.05) is 26.0 Å². The normalized spacial score (nSPS) is 12.6. The molecule has 0 bridgehead atoms.